The molecule has 56 valence electrons. The zero-order valence-electron chi connectivity index (χ0n) is 4.81. The quantitative estimate of drug-likeness (QED) is 0.447. The van der Waals surface area contributed by atoms with Gasteiger partial charge in [-0.15, -0.1) is 0 Å². The summed E-state index contributed by atoms with van der Waals surface area (Å²) in [5.74, 6) is -0.198. The van der Waals surface area contributed by atoms with Crippen LogP contribution in [0.5, 0.6) is 0 Å². The topological polar surface area (TPSA) is 68.3 Å². The van der Waals surface area contributed by atoms with Gasteiger partial charge in [0.15, 0.2) is 14.0 Å². The lowest BCUT2D eigenvalue weighted by molar-refractivity contribution is 0.611. The van der Waals surface area contributed by atoms with Crippen LogP contribution >= 0.6 is 0 Å². The molecule has 0 spiro atoms. The van der Waals surface area contributed by atoms with Crippen LogP contribution in [-0.2, 0) is 20.1 Å². The van der Waals surface area contributed by atoms with Crippen molar-refractivity contribution in [2.45, 2.75) is 0 Å². The molecule has 6 heteroatoms. The van der Waals surface area contributed by atoms with Gasteiger partial charge in [0.25, 0.3) is 0 Å². The van der Waals surface area contributed by atoms with Crippen LogP contribution in [0.1, 0.15) is 0 Å². The van der Waals surface area contributed by atoms with Gasteiger partial charge in [0.05, 0.1) is 5.75 Å². The van der Waals surface area contributed by atoms with Crippen molar-refractivity contribution in [1.29, 1.82) is 0 Å². The summed E-state index contributed by atoms with van der Waals surface area (Å²) in [7, 11) is -6.11. The molecule has 4 nitrogen and oxygen atoms in total. The maximum absolute atomic E-state index is 10.7. The fourth-order valence-corrected chi connectivity index (χ4v) is 2.67. The van der Waals surface area contributed by atoms with Gasteiger partial charge in [0.2, 0.25) is 10.3 Å². The van der Waals surface area contributed by atoms with Crippen LogP contribution in [-0.4, -0.2) is 26.8 Å². The normalized spacial score (nSPS) is 21.4. The zero-order valence-corrected chi connectivity index (χ0v) is 6.44. The summed E-state index contributed by atoms with van der Waals surface area (Å²) in [5.41, 5.74) is 0. The number of hydrogen-bond donors (Lipinski definition) is 0. The molecule has 1 heterocycles. The van der Waals surface area contributed by atoms with Gasteiger partial charge in [0, 0.05) is 0 Å². The van der Waals surface area contributed by atoms with Crippen LogP contribution in [0.4, 0.5) is 0 Å². The van der Waals surface area contributed by atoms with E-state index in [-0.39, 0.29) is 5.75 Å². The van der Waals surface area contributed by atoms with Gasteiger partial charge < -0.3 is 0 Å². The fourth-order valence-electron chi connectivity index (χ4n) is 0.616. The van der Waals surface area contributed by atoms with Crippen molar-refractivity contribution in [2.75, 3.05) is 5.75 Å². The maximum atomic E-state index is 10.7. The number of sulfone groups is 1. The second kappa shape index (κ2) is 2.21. The standard InChI is InChI=1S/C4H4O4S2/c5-9(6)4-2-1-3-10(4,7)8/h1-2H,3H2. The van der Waals surface area contributed by atoms with Crippen molar-refractivity contribution < 1.29 is 16.8 Å². The van der Waals surface area contributed by atoms with Gasteiger partial charge in [-0.2, -0.15) is 8.42 Å². The summed E-state index contributed by atoms with van der Waals surface area (Å²) in [4.78, 5) is 0. The molecular weight excluding hydrogens is 176 g/mol. The molecule has 1 aliphatic heterocycles. The SMILES string of the molecule is O=S(=O)=C1C=CCS1(=O)=O. The third-order valence-corrected chi connectivity index (χ3v) is 4.06. The van der Waals surface area contributed by atoms with Crippen LogP contribution in [0.25, 0.3) is 0 Å². The summed E-state index contributed by atoms with van der Waals surface area (Å²) >= 11 is 0. The molecular formula is C4H4O4S2. The highest BCUT2D eigenvalue weighted by atomic mass is 32.2. The summed E-state index contributed by atoms with van der Waals surface area (Å²) < 4.78 is 41.2. The third-order valence-electron chi connectivity index (χ3n) is 1.04. The van der Waals surface area contributed by atoms with Crippen molar-refractivity contribution in [1.82, 2.24) is 0 Å². The van der Waals surface area contributed by atoms with E-state index in [4.69, 9.17) is 0 Å². The van der Waals surface area contributed by atoms with E-state index in [1.807, 2.05) is 0 Å². The second-order valence-corrected chi connectivity index (χ2v) is 4.91. The Balaban J connectivity index is 3.54. The summed E-state index contributed by atoms with van der Waals surface area (Å²) in [6.45, 7) is 0. The largest absolute Gasteiger partial charge is 0.233 e. The molecule has 10 heavy (non-hydrogen) atoms. The van der Waals surface area contributed by atoms with E-state index in [2.05, 4.69) is 0 Å². The molecule has 1 rings (SSSR count). The van der Waals surface area contributed by atoms with Gasteiger partial charge in [-0.05, 0) is 6.08 Å². The van der Waals surface area contributed by atoms with E-state index in [0.29, 0.717) is 0 Å². The Morgan fingerprint density at radius 1 is 1.40 bits per heavy atom. The minimum Gasteiger partial charge on any atom is -0.222 e. The average molecular weight is 180 g/mol. The van der Waals surface area contributed by atoms with Crippen molar-refractivity contribution in [3.8, 4) is 0 Å². The molecule has 0 bridgehead atoms. The van der Waals surface area contributed by atoms with Gasteiger partial charge >= 0.3 is 0 Å². The molecule has 0 radical (unpaired) electrons. The zero-order chi connectivity index (χ0) is 7.78. The number of hydrogen-bond acceptors (Lipinski definition) is 4. The fraction of sp³-hybridized carbons (Fsp3) is 0.250. The highest BCUT2D eigenvalue weighted by Gasteiger charge is 2.22. The highest BCUT2D eigenvalue weighted by molar-refractivity contribution is 8.16. The molecule has 0 unspecified atom stereocenters. The first kappa shape index (κ1) is 7.49. The molecule has 0 saturated heterocycles. The van der Waals surface area contributed by atoms with E-state index >= 15 is 0 Å². The lowest BCUT2D eigenvalue weighted by Gasteiger charge is -1.85. The first-order valence-corrected chi connectivity index (χ1v) is 5.12. The van der Waals surface area contributed by atoms with E-state index in [9.17, 15) is 16.8 Å². The van der Waals surface area contributed by atoms with Crippen LogP contribution < -0.4 is 0 Å². The van der Waals surface area contributed by atoms with Gasteiger partial charge in [-0.25, -0.2) is 8.42 Å². The average Bonchev–Trinajstić information content (AvgIpc) is 2.08. The Kier molecular flexibility index (Phi) is 1.65. The van der Waals surface area contributed by atoms with E-state index in [0.717, 1.165) is 6.08 Å². The monoisotopic (exact) mass is 180 g/mol. The summed E-state index contributed by atoms with van der Waals surface area (Å²) in [6.07, 6.45) is 2.40. The van der Waals surface area contributed by atoms with Crippen LogP contribution in [0.2, 0.25) is 0 Å². The molecule has 0 fully saturated rings. The summed E-state index contributed by atoms with van der Waals surface area (Å²) in [5, 5.41) is 0. The molecule has 0 aromatic carbocycles. The Morgan fingerprint density at radius 2 is 2.00 bits per heavy atom. The predicted octanol–water partition coefficient (Wildman–Crippen LogP) is -1.02. The van der Waals surface area contributed by atoms with E-state index < -0.39 is 24.3 Å². The number of rotatable bonds is 0. The smallest absolute Gasteiger partial charge is 0.222 e. The van der Waals surface area contributed by atoms with Crippen molar-refractivity contribution >= 4 is 24.3 Å². The molecule has 0 atom stereocenters. The molecule has 0 saturated carbocycles. The molecule has 0 aromatic rings. The molecule has 1 aliphatic rings. The van der Waals surface area contributed by atoms with Crippen molar-refractivity contribution in [3.05, 3.63) is 12.2 Å². The van der Waals surface area contributed by atoms with E-state index in [1.54, 1.807) is 0 Å². The Morgan fingerprint density at radius 3 is 2.20 bits per heavy atom. The maximum Gasteiger partial charge on any atom is 0.233 e. The van der Waals surface area contributed by atoms with Crippen LogP contribution in [0, 0.1) is 0 Å². The molecule has 0 aliphatic carbocycles. The van der Waals surface area contributed by atoms with Gasteiger partial charge in [-0.1, -0.05) is 6.08 Å². The van der Waals surface area contributed by atoms with Gasteiger partial charge in [-0.3, -0.25) is 0 Å². The van der Waals surface area contributed by atoms with Crippen LogP contribution in [0.3, 0.4) is 0 Å². The van der Waals surface area contributed by atoms with Crippen molar-refractivity contribution in [2.24, 2.45) is 0 Å². The first-order chi connectivity index (χ1) is 4.54. The highest BCUT2D eigenvalue weighted by Crippen LogP contribution is 2.03. The minimum atomic E-state index is -3.49. The predicted molar refractivity (Wildman–Crippen MR) is 36.9 cm³/mol. The van der Waals surface area contributed by atoms with Crippen LogP contribution in [0.15, 0.2) is 12.2 Å². The van der Waals surface area contributed by atoms with E-state index in [1.165, 1.54) is 6.08 Å². The Bertz CT molecular complexity index is 387. The molecule has 0 amide bonds. The lowest BCUT2D eigenvalue weighted by Crippen LogP contribution is -2.09. The summed E-state index contributed by atoms with van der Waals surface area (Å²) in [6, 6.07) is 0. The molecule has 0 aromatic heterocycles. The van der Waals surface area contributed by atoms with Crippen molar-refractivity contribution in [3.63, 3.8) is 0 Å². The Labute approximate surface area is 59.6 Å². The molecule has 0 N–H and O–H groups in total. The first-order valence-electron chi connectivity index (χ1n) is 2.39. The Hall–Kier alpha value is -0.620. The van der Waals surface area contributed by atoms with Gasteiger partial charge in [0.1, 0.15) is 0 Å². The third kappa shape index (κ3) is 1.12. The second-order valence-electron chi connectivity index (χ2n) is 1.74. The lowest BCUT2D eigenvalue weighted by atomic mass is 10.6. The minimum absolute atomic E-state index is 0.198.